The third-order valence-electron chi connectivity index (χ3n) is 6.37. The van der Waals surface area contributed by atoms with E-state index in [0.717, 1.165) is 28.9 Å². The predicted molar refractivity (Wildman–Crippen MR) is 121 cm³/mol. The van der Waals surface area contributed by atoms with Crippen LogP contribution in [0.15, 0.2) is 18.3 Å². The molecule has 2 aliphatic heterocycles. The summed E-state index contributed by atoms with van der Waals surface area (Å²) in [5.41, 5.74) is 12.5. The first-order valence-electron chi connectivity index (χ1n) is 11.0. The van der Waals surface area contributed by atoms with E-state index in [4.69, 9.17) is 10.5 Å². The first kappa shape index (κ1) is 22.1. The molecule has 34 heavy (non-hydrogen) atoms. The van der Waals surface area contributed by atoms with E-state index in [1.54, 1.807) is 20.0 Å². The van der Waals surface area contributed by atoms with Crippen molar-refractivity contribution in [3.05, 3.63) is 63.2 Å². The van der Waals surface area contributed by atoms with Gasteiger partial charge in [0.15, 0.2) is 0 Å². The maximum Gasteiger partial charge on any atom is 0.338 e. The van der Waals surface area contributed by atoms with Gasteiger partial charge in [-0.15, -0.1) is 9.90 Å². The van der Waals surface area contributed by atoms with E-state index in [1.807, 2.05) is 19.1 Å². The first-order chi connectivity index (χ1) is 16.3. The minimum Gasteiger partial charge on any atom is -0.457 e. The fraction of sp³-hybridized carbons (Fsp3) is 0.391. The summed E-state index contributed by atoms with van der Waals surface area (Å²) < 4.78 is 5.20. The Kier molecular flexibility index (Phi) is 5.57. The van der Waals surface area contributed by atoms with Crippen LogP contribution in [-0.4, -0.2) is 55.1 Å². The topological polar surface area (TPSA) is 148 Å². The monoisotopic (exact) mass is 459 g/mol. The molecule has 0 unspecified atom stereocenters. The number of esters is 1. The van der Waals surface area contributed by atoms with Gasteiger partial charge in [-0.3, -0.25) is 10.2 Å². The van der Waals surface area contributed by atoms with Gasteiger partial charge in [0, 0.05) is 31.2 Å². The maximum atomic E-state index is 11.9. The lowest BCUT2D eigenvalue weighted by molar-refractivity contribution is 0.0535. The van der Waals surface area contributed by atoms with E-state index in [2.05, 4.69) is 36.5 Å². The van der Waals surface area contributed by atoms with Crippen LogP contribution in [0.2, 0.25) is 0 Å². The Labute approximate surface area is 196 Å². The molecule has 0 aliphatic carbocycles. The number of carbonyl (C=O) groups excluding carboxylic acids is 1. The van der Waals surface area contributed by atoms with Crippen molar-refractivity contribution in [3.63, 3.8) is 0 Å². The van der Waals surface area contributed by atoms with E-state index in [1.165, 1.54) is 4.80 Å². The van der Waals surface area contributed by atoms with E-state index in [0.29, 0.717) is 48.2 Å². The van der Waals surface area contributed by atoms with Gasteiger partial charge in [0.05, 0.1) is 40.6 Å². The molecule has 2 aliphatic rings. The van der Waals surface area contributed by atoms with Gasteiger partial charge in [-0.1, -0.05) is 6.07 Å². The molecule has 4 heterocycles. The average Bonchev–Trinajstić information content (AvgIpc) is 3.41. The molecule has 2 aromatic heterocycles. The molecule has 0 spiro atoms. The highest BCUT2D eigenvalue weighted by atomic mass is 16.5. The number of nitrogens with one attached hydrogen (secondary N) is 1. The minimum atomic E-state index is -0.265. The van der Waals surface area contributed by atoms with E-state index < -0.39 is 0 Å². The summed E-state index contributed by atoms with van der Waals surface area (Å²) in [7, 11) is 0. The number of piperazine rings is 1. The van der Waals surface area contributed by atoms with Crippen molar-refractivity contribution < 1.29 is 9.53 Å². The van der Waals surface area contributed by atoms with Crippen LogP contribution in [0.3, 0.4) is 0 Å². The van der Waals surface area contributed by atoms with Gasteiger partial charge in [0.1, 0.15) is 12.7 Å². The number of aryl methyl sites for hydroxylation is 2. The Morgan fingerprint density at radius 1 is 1.24 bits per heavy atom. The second kappa shape index (κ2) is 8.57. The largest absolute Gasteiger partial charge is 0.457 e. The molecule has 5 rings (SSSR count). The lowest BCUT2D eigenvalue weighted by Crippen LogP contribution is -2.56. The molecule has 0 amide bonds. The van der Waals surface area contributed by atoms with Crippen LogP contribution in [0, 0.1) is 32.1 Å². The number of hydrogen-bond acceptors (Lipinski definition) is 10. The molecule has 0 radical (unpaired) electrons. The third kappa shape index (κ3) is 3.92. The molecule has 3 aromatic rings. The minimum absolute atomic E-state index is 0.00644. The molecule has 174 valence electrons. The third-order valence-corrected chi connectivity index (χ3v) is 6.37. The first-order valence-corrected chi connectivity index (χ1v) is 11.0. The molecular weight excluding hydrogens is 434 g/mol. The molecule has 3 N–H and O–H groups in total. The van der Waals surface area contributed by atoms with Gasteiger partial charge in [-0.25, -0.2) is 14.8 Å². The second-order valence-corrected chi connectivity index (χ2v) is 8.71. The quantitative estimate of drug-likeness (QED) is 0.540. The standard InChI is InChI=1S/C23H25N9O2/c1-12-16(4-5-17-19(12)11-34-22(17)33)20-9-31(10-21(25)29-20)8-15-7-26-32(30-15)23-27-13(2)18(6-24)14(3)28-23/h4-5,7,20-21,29H,8-11,25H2,1-3H3/t20-,21+/m0/s1. The number of aromatic nitrogens is 5. The summed E-state index contributed by atoms with van der Waals surface area (Å²) in [6.45, 7) is 7.82. The van der Waals surface area contributed by atoms with Crippen molar-refractivity contribution in [2.24, 2.45) is 5.73 Å². The van der Waals surface area contributed by atoms with Crippen LogP contribution in [-0.2, 0) is 17.9 Å². The summed E-state index contributed by atoms with van der Waals surface area (Å²) in [4.78, 5) is 24.2. The maximum absolute atomic E-state index is 11.9. The summed E-state index contributed by atoms with van der Waals surface area (Å²) in [5.74, 6) is 0.0694. The van der Waals surface area contributed by atoms with Gasteiger partial charge in [0.25, 0.3) is 5.95 Å². The van der Waals surface area contributed by atoms with Gasteiger partial charge in [-0.05, 0) is 38.0 Å². The number of nitriles is 1. The molecule has 0 saturated carbocycles. The van der Waals surface area contributed by atoms with Crippen LogP contribution in [0.5, 0.6) is 0 Å². The van der Waals surface area contributed by atoms with Gasteiger partial charge < -0.3 is 10.5 Å². The number of hydrogen-bond donors (Lipinski definition) is 2. The zero-order valence-electron chi connectivity index (χ0n) is 19.2. The number of fused-ring (bicyclic) bond motifs is 1. The fourth-order valence-corrected chi connectivity index (χ4v) is 4.68. The van der Waals surface area contributed by atoms with Crippen LogP contribution < -0.4 is 11.1 Å². The summed E-state index contributed by atoms with van der Waals surface area (Å²) >= 11 is 0. The number of ether oxygens (including phenoxy) is 1. The van der Waals surface area contributed by atoms with E-state index in [9.17, 15) is 10.1 Å². The molecule has 1 fully saturated rings. The average molecular weight is 460 g/mol. The molecule has 11 nitrogen and oxygen atoms in total. The number of nitrogens with zero attached hydrogens (tertiary/aromatic N) is 7. The fourth-order valence-electron chi connectivity index (χ4n) is 4.68. The number of benzene rings is 1. The zero-order chi connectivity index (χ0) is 24.0. The van der Waals surface area contributed by atoms with Crippen molar-refractivity contribution in [3.8, 4) is 12.0 Å². The molecule has 2 atom stereocenters. The lowest BCUT2D eigenvalue weighted by Gasteiger charge is -2.38. The van der Waals surface area contributed by atoms with Crippen molar-refractivity contribution in [2.75, 3.05) is 13.1 Å². The molecule has 0 bridgehead atoms. The van der Waals surface area contributed by atoms with Crippen LogP contribution in [0.1, 0.15) is 55.7 Å². The van der Waals surface area contributed by atoms with Crippen LogP contribution >= 0.6 is 0 Å². The van der Waals surface area contributed by atoms with E-state index in [-0.39, 0.29) is 18.2 Å². The highest BCUT2D eigenvalue weighted by Gasteiger charge is 2.30. The van der Waals surface area contributed by atoms with Gasteiger partial charge >= 0.3 is 5.97 Å². The highest BCUT2D eigenvalue weighted by molar-refractivity contribution is 5.94. The second-order valence-electron chi connectivity index (χ2n) is 8.71. The number of carbonyl (C=O) groups is 1. The molecular formula is C23H25N9O2. The van der Waals surface area contributed by atoms with Crippen molar-refractivity contribution >= 4 is 5.97 Å². The van der Waals surface area contributed by atoms with Crippen molar-refractivity contribution in [1.82, 2.24) is 35.2 Å². The normalized spacial score (nSPS) is 20.1. The SMILES string of the molecule is Cc1nc(-n2ncc(CN3C[C@@H](c4ccc5c(c4C)COC5=O)N[C@@H](N)C3)n2)nc(C)c1C#N. The smallest absolute Gasteiger partial charge is 0.338 e. The van der Waals surface area contributed by atoms with Gasteiger partial charge in [-0.2, -0.15) is 10.4 Å². The lowest BCUT2D eigenvalue weighted by atomic mass is 9.93. The Hall–Kier alpha value is -3.72. The summed E-state index contributed by atoms with van der Waals surface area (Å²) in [5, 5.41) is 21.6. The Balaban J connectivity index is 1.34. The summed E-state index contributed by atoms with van der Waals surface area (Å²) in [6, 6.07) is 5.95. The molecule has 11 heteroatoms. The highest BCUT2D eigenvalue weighted by Crippen LogP contribution is 2.30. The van der Waals surface area contributed by atoms with Crippen molar-refractivity contribution in [1.29, 1.82) is 5.26 Å². The zero-order valence-corrected chi connectivity index (χ0v) is 19.2. The summed E-state index contributed by atoms with van der Waals surface area (Å²) in [6.07, 6.45) is 1.48. The number of nitrogens with two attached hydrogens (primary N) is 1. The molecule has 1 aromatic carbocycles. The Morgan fingerprint density at radius 2 is 2.00 bits per heavy atom. The van der Waals surface area contributed by atoms with Crippen molar-refractivity contribution in [2.45, 2.75) is 46.1 Å². The van der Waals surface area contributed by atoms with E-state index >= 15 is 0 Å². The van der Waals surface area contributed by atoms with Crippen LogP contribution in [0.4, 0.5) is 0 Å². The number of rotatable bonds is 4. The Morgan fingerprint density at radius 3 is 2.74 bits per heavy atom. The molecule has 1 saturated heterocycles. The Bertz CT molecular complexity index is 1300. The predicted octanol–water partition coefficient (Wildman–Crippen LogP) is 0.956. The number of cyclic esters (lactones) is 1. The van der Waals surface area contributed by atoms with Gasteiger partial charge in [0.2, 0.25) is 0 Å². The van der Waals surface area contributed by atoms with Crippen LogP contribution in [0.25, 0.3) is 5.95 Å².